The Bertz CT molecular complexity index is 56.9. The molecule has 0 aliphatic carbocycles. The summed E-state index contributed by atoms with van der Waals surface area (Å²) in [5.41, 5.74) is 0. The quantitative estimate of drug-likeness (QED) is 0.392. The second-order valence-electron chi connectivity index (χ2n) is 0.709. The van der Waals surface area contributed by atoms with Crippen LogP contribution in [0.2, 0.25) is 0 Å². The van der Waals surface area contributed by atoms with Gasteiger partial charge >= 0.3 is 10.1 Å². The molecule has 0 saturated carbocycles. The van der Waals surface area contributed by atoms with Crippen molar-refractivity contribution in [2.45, 2.75) is 13.3 Å². The number of hydrogen-bond acceptors (Lipinski definition) is 2. The van der Waals surface area contributed by atoms with Crippen molar-refractivity contribution >= 4 is 27.0 Å². The highest BCUT2D eigenvalue weighted by Gasteiger charge is 1.81. The number of halogens is 1. The monoisotopic (exact) mass is 136 g/mol. The zero-order valence-electron chi connectivity index (χ0n) is 3.90. The molecule has 0 unspecified atom stereocenters. The highest BCUT2D eigenvalue weighted by atomic mass is 35.5. The third-order valence-electron chi connectivity index (χ3n) is 0.278. The molecule has 7 heavy (non-hydrogen) atoms. The van der Waals surface area contributed by atoms with Gasteiger partial charge in [-0.3, -0.25) is 4.79 Å². The lowest BCUT2D eigenvalue weighted by atomic mass is 10.6. The summed E-state index contributed by atoms with van der Waals surface area (Å²) in [6.07, 6.45) is 0.432. The Labute approximate surface area is 50.3 Å². The molecule has 0 aliphatic heterocycles. The first-order valence-corrected chi connectivity index (χ1v) is 2.44. The predicted molar refractivity (Wildman–Crippen MR) is 27.6 cm³/mol. The third-order valence-corrected chi connectivity index (χ3v) is 0.545. The van der Waals surface area contributed by atoms with Crippen molar-refractivity contribution < 1.29 is 9.26 Å². The summed E-state index contributed by atoms with van der Waals surface area (Å²) in [7, 11) is 1.72. The maximum absolute atomic E-state index is 9.58. The smallest absolute Gasteiger partial charge is 0.381 e. The van der Waals surface area contributed by atoms with Crippen LogP contribution < -0.4 is 0 Å². The molecule has 0 amide bonds. The van der Waals surface area contributed by atoms with Gasteiger partial charge in [-0.25, -0.2) is 0 Å². The van der Waals surface area contributed by atoms with Crippen LogP contribution in [0.25, 0.3) is 0 Å². The van der Waals surface area contributed by atoms with Crippen molar-refractivity contribution in [2.75, 3.05) is 0 Å². The van der Waals surface area contributed by atoms with Crippen LogP contribution >= 0.6 is 11.6 Å². The zero-order valence-corrected chi connectivity index (χ0v) is 5.66. The van der Waals surface area contributed by atoms with Crippen LogP contribution in [0.15, 0.2) is 0 Å². The summed E-state index contributed by atoms with van der Waals surface area (Å²) in [5, 5.41) is -0.273. The second-order valence-corrected chi connectivity index (χ2v) is 1.13. The molecule has 0 bridgehead atoms. The molecule has 0 aromatic carbocycles. The van der Waals surface area contributed by atoms with E-state index in [2.05, 4.69) is 0 Å². The Morgan fingerprint density at radius 2 is 1.86 bits per heavy atom. The van der Waals surface area contributed by atoms with Crippen LogP contribution in [0.1, 0.15) is 13.3 Å². The van der Waals surface area contributed by atoms with Crippen LogP contribution in [0.4, 0.5) is 0 Å². The fraction of sp³-hybridized carbons (Fsp3) is 0.667. The number of rotatable bonds is 1. The van der Waals surface area contributed by atoms with E-state index in [0.717, 1.165) is 0 Å². The fourth-order valence-corrected chi connectivity index (χ4v) is 0. The summed E-state index contributed by atoms with van der Waals surface area (Å²) in [6, 6.07) is 0. The van der Waals surface area contributed by atoms with Crippen LogP contribution in [-0.4, -0.2) is 15.4 Å². The van der Waals surface area contributed by atoms with Crippen molar-refractivity contribution in [3.8, 4) is 0 Å². The lowest BCUT2D eigenvalue weighted by Crippen LogP contribution is -1.74. The van der Waals surface area contributed by atoms with E-state index in [0.29, 0.717) is 6.42 Å². The molecule has 0 fully saturated rings. The fourth-order valence-electron chi connectivity index (χ4n) is 0. The summed E-state index contributed by atoms with van der Waals surface area (Å²) in [4.78, 5) is 9.58. The van der Waals surface area contributed by atoms with Gasteiger partial charge in [0, 0.05) is 6.42 Å². The van der Waals surface area contributed by atoms with Crippen molar-refractivity contribution in [2.24, 2.45) is 0 Å². The summed E-state index contributed by atoms with van der Waals surface area (Å²) in [6.45, 7) is 1.72. The van der Waals surface area contributed by atoms with Gasteiger partial charge in [0.05, 0.1) is 0 Å². The van der Waals surface area contributed by atoms with Crippen LogP contribution in [0.3, 0.4) is 0 Å². The minimum Gasteiger partial charge on any atom is -0.381 e. The lowest BCUT2D eigenvalue weighted by molar-refractivity contribution is -0.111. The summed E-state index contributed by atoms with van der Waals surface area (Å²) >= 11 is 4.82. The van der Waals surface area contributed by atoms with Gasteiger partial charge in [-0.05, 0) is 11.6 Å². The Balaban J connectivity index is 0. The zero-order chi connectivity index (χ0) is 6.28. The minimum absolute atomic E-state index is 0.273. The average Bonchev–Trinajstić information content (AvgIpc) is 1.73. The van der Waals surface area contributed by atoms with Crippen LogP contribution in [-0.2, 0) is 9.26 Å². The molecule has 0 rings (SSSR count). The molecule has 0 N–H and O–H groups in total. The van der Waals surface area contributed by atoms with E-state index in [9.17, 15) is 4.79 Å². The predicted octanol–water partition coefficient (Wildman–Crippen LogP) is 0.662. The molecular weight excluding hydrogens is 132 g/mol. The molecule has 0 saturated heterocycles. The third kappa shape index (κ3) is 24.2. The first-order valence-electron chi connectivity index (χ1n) is 1.66. The standard InChI is InChI=1S/C3H5ClO.OSi/c1-2-3(4)5;1-2/h2H2,1H3;. The van der Waals surface area contributed by atoms with Crippen LogP contribution in [0, 0.1) is 0 Å². The topological polar surface area (TPSA) is 34.1 Å². The van der Waals surface area contributed by atoms with E-state index >= 15 is 0 Å². The van der Waals surface area contributed by atoms with E-state index < -0.39 is 0 Å². The first-order chi connectivity index (χ1) is 3.27. The average molecular weight is 137 g/mol. The molecule has 2 nitrogen and oxygen atoms in total. The molecule has 4 heteroatoms. The molecule has 40 valence electrons. The molecule has 0 aromatic rings. The maximum atomic E-state index is 9.58. The van der Waals surface area contributed by atoms with Gasteiger partial charge in [0.25, 0.3) is 0 Å². The van der Waals surface area contributed by atoms with E-state index in [1.165, 1.54) is 0 Å². The molecule has 0 atom stereocenters. The number of carbonyl (C=O) groups excluding carboxylic acids is 1. The number of hydrogen-bond donors (Lipinski definition) is 0. The molecule has 0 heterocycles. The Kier molecular flexibility index (Phi) is 13.5. The lowest BCUT2D eigenvalue weighted by Gasteiger charge is -1.68. The molecule has 0 spiro atoms. The van der Waals surface area contributed by atoms with Crippen LogP contribution in [0.5, 0.6) is 0 Å². The Morgan fingerprint density at radius 1 is 1.71 bits per heavy atom. The summed E-state index contributed by atoms with van der Waals surface area (Å²) < 4.78 is 8.06. The molecule has 0 aliphatic rings. The second kappa shape index (κ2) is 9.36. The largest absolute Gasteiger partial charge is 0.381 e. The van der Waals surface area contributed by atoms with Gasteiger partial charge in [-0.2, -0.15) is 0 Å². The Morgan fingerprint density at radius 3 is 1.86 bits per heavy atom. The van der Waals surface area contributed by atoms with Gasteiger partial charge < -0.3 is 4.46 Å². The van der Waals surface area contributed by atoms with E-state index in [-0.39, 0.29) is 5.24 Å². The van der Waals surface area contributed by atoms with Crippen molar-refractivity contribution in [3.63, 3.8) is 0 Å². The highest BCUT2D eigenvalue weighted by molar-refractivity contribution is 6.63. The van der Waals surface area contributed by atoms with Crippen molar-refractivity contribution in [3.05, 3.63) is 0 Å². The maximum Gasteiger partial charge on any atom is 0.381 e. The van der Waals surface area contributed by atoms with E-state index in [4.69, 9.17) is 16.1 Å². The molecular formula is C3H5ClO2Si. The van der Waals surface area contributed by atoms with Gasteiger partial charge in [-0.1, -0.05) is 6.92 Å². The van der Waals surface area contributed by atoms with Gasteiger partial charge in [0.15, 0.2) is 0 Å². The number of carbonyl (C=O) groups is 1. The highest BCUT2D eigenvalue weighted by Crippen LogP contribution is 1.81. The first kappa shape index (κ1) is 10.1. The van der Waals surface area contributed by atoms with Gasteiger partial charge in [-0.15, -0.1) is 0 Å². The van der Waals surface area contributed by atoms with Gasteiger partial charge in [0.2, 0.25) is 5.24 Å². The van der Waals surface area contributed by atoms with E-state index in [1.807, 2.05) is 0 Å². The minimum atomic E-state index is -0.273. The van der Waals surface area contributed by atoms with Gasteiger partial charge in [0.1, 0.15) is 0 Å². The van der Waals surface area contributed by atoms with Crippen molar-refractivity contribution in [1.29, 1.82) is 0 Å². The summed E-state index contributed by atoms with van der Waals surface area (Å²) in [5.74, 6) is 0. The molecule has 0 aromatic heterocycles. The molecule has 2 radical (unpaired) electrons. The Hall–Kier alpha value is -0.0231. The SMILES string of the molecule is CCC(=O)Cl.O=[Si]. The normalized spacial score (nSPS) is 6.00. The van der Waals surface area contributed by atoms with E-state index in [1.54, 1.807) is 17.1 Å². The van der Waals surface area contributed by atoms with Crippen molar-refractivity contribution in [1.82, 2.24) is 0 Å².